The van der Waals surface area contributed by atoms with Crippen molar-refractivity contribution in [2.24, 2.45) is 5.92 Å². The van der Waals surface area contributed by atoms with Crippen LogP contribution in [0.1, 0.15) is 39.7 Å². The van der Waals surface area contributed by atoms with Crippen LogP contribution in [0.15, 0.2) is 35.4 Å². The molecule has 26 heavy (non-hydrogen) atoms. The van der Waals surface area contributed by atoms with Gasteiger partial charge in [-0.05, 0) is 49.5 Å². The van der Waals surface area contributed by atoms with Gasteiger partial charge in [-0.2, -0.15) is 0 Å². The molecule has 0 bridgehead atoms. The summed E-state index contributed by atoms with van der Waals surface area (Å²) in [5.74, 6) is -0.452. The fraction of sp³-hybridized carbons (Fsp3) is 0.500. The molecule has 0 aliphatic carbocycles. The molecule has 1 aromatic carbocycles. The molecule has 0 fully saturated rings. The van der Waals surface area contributed by atoms with E-state index in [1.807, 2.05) is 20.8 Å². The van der Waals surface area contributed by atoms with Gasteiger partial charge in [-0.25, -0.2) is 4.39 Å². The zero-order valence-corrected chi connectivity index (χ0v) is 16.0. The highest BCUT2D eigenvalue weighted by atomic mass is 19.1. The number of ether oxygens (including phenoxy) is 1. The van der Waals surface area contributed by atoms with Crippen molar-refractivity contribution < 1.29 is 18.7 Å². The maximum Gasteiger partial charge on any atom is 0.322 e. The molecule has 5 nitrogen and oxygen atoms in total. The van der Waals surface area contributed by atoms with Gasteiger partial charge in [0.15, 0.2) is 0 Å². The fourth-order valence-electron chi connectivity index (χ4n) is 3.14. The minimum absolute atomic E-state index is 0.0857. The van der Waals surface area contributed by atoms with Gasteiger partial charge in [0.05, 0.1) is 7.11 Å². The number of hydrogen-bond acceptors (Lipinski definition) is 4. The van der Waals surface area contributed by atoms with Crippen molar-refractivity contribution in [2.75, 3.05) is 7.11 Å². The van der Waals surface area contributed by atoms with Crippen LogP contribution in [0.5, 0.6) is 0 Å². The Morgan fingerprint density at radius 3 is 2.42 bits per heavy atom. The standard InChI is InChI=1S/C20H27FN2O3/c1-12(2)10-17(20(25)26-5)22-18-13(3)14(4)19(24)23(18)11-15-6-8-16(21)9-7-15/h6-9,12,17-18,22H,10-11H2,1-5H3/t17-,18-/m1/s1. The van der Waals surface area contributed by atoms with E-state index in [1.165, 1.54) is 19.2 Å². The first-order valence-corrected chi connectivity index (χ1v) is 8.81. The van der Waals surface area contributed by atoms with Gasteiger partial charge in [0.25, 0.3) is 5.91 Å². The molecule has 2 rings (SSSR count). The van der Waals surface area contributed by atoms with E-state index < -0.39 is 12.2 Å². The molecule has 0 unspecified atom stereocenters. The molecule has 1 heterocycles. The summed E-state index contributed by atoms with van der Waals surface area (Å²) >= 11 is 0. The molecule has 0 saturated carbocycles. The van der Waals surface area contributed by atoms with E-state index in [0.717, 1.165) is 11.1 Å². The van der Waals surface area contributed by atoms with Gasteiger partial charge in [0.2, 0.25) is 0 Å². The Morgan fingerprint density at radius 1 is 1.27 bits per heavy atom. The molecule has 2 atom stereocenters. The first-order valence-electron chi connectivity index (χ1n) is 8.81. The summed E-state index contributed by atoms with van der Waals surface area (Å²) in [5, 5.41) is 3.29. The number of hydrogen-bond donors (Lipinski definition) is 1. The Bertz CT molecular complexity index is 698. The lowest BCUT2D eigenvalue weighted by atomic mass is 10.0. The van der Waals surface area contributed by atoms with Crippen LogP contribution in [0.3, 0.4) is 0 Å². The zero-order valence-electron chi connectivity index (χ0n) is 16.0. The molecular formula is C20H27FN2O3. The summed E-state index contributed by atoms with van der Waals surface area (Å²) in [5.41, 5.74) is 2.38. The van der Waals surface area contributed by atoms with E-state index in [-0.39, 0.29) is 17.7 Å². The normalized spacial score (nSPS) is 18.7. The minimum atomic E-state index is -0.505. The molecule has 1 aliphatic rings. The highest BCUT2D eigenvalue weighted by molar-refractivity contribution is 5.97. The van der Waals surface area contributed by atoms with Crippen LogP contribution in [0.25, 0.3) is 0 Å². The first kappa shape index (κ1) is 20.1. The minimum Gasteiger partial charge on any atom is -0.468 e. The predicted molar refractivity (Wildman–Crippen MR) is 97.5 cm³/mol. The quantitative estimate of drug-likeness (QED) is 0.758. The van der Waals surface area contributed by atoms with Crippen molar-refractivity contribution in [3.63, 3.8) is 0 Å². The van der Waals surface area contributed by atoms with Crippen molar-refractivity contribution in [3.05, 3.63) is 46.8 Å². The number of halogens is 1. The van der Waals surface area contributed by atoms with E-state index in [1.54, 1.807) is 24.0 Å². The van der Waals surface area contributed by atoms with Crippen molar-refractivity contribution >= 4 is 11.9 Å². The molecule has 1 aliphatic heterocycles. The summed E-state index contributed by atoms with van der Waals surface area (Å²) < 4.78 is 18.1. The summed E-state index contributed by atoms with van der Waals surface area (Å²) in [7, 11) is 1.36. The Kier molecular flexibility index (Phi) is 6.53. The lowest BCUT2D eigenvalue weighted by molar-refractivity contribution is -0.144. The van der Waals surface area contributed by atoms with Gasteiger partial charge in [-0.3, -0.25) is 14.9 Å². The number of amides is 1. The second kappa shape index (κ2) is 8.45. The summed E-state index contributed by atoms with van der Waals surface area (Å²) in [6, 6.07) is 5.57. The average molecular weight is 362 g/mol. The van der Waals surface area contributed by atoms with Crippen LogP contribution in [-0.4, -0.2) is 36.1 Å². The molecule has 1 aromatic rings. The third-order valence-electron chi connectivity index (χ3n) is 4.71. The van der Waals surface area contributed by atoms with Crippen molar-refractivity contribution in [2.45, 2.75) is 52.9 Å². The van der Waals surface area contributed by atoms with Crippen LogP contribution < -0.4 is 5.32 Å². The van der Waals surface area contributed by atoms with Crippen molar-refractivity contribution in [1.82, 2.24) is 10.2 Å². The third kappa shape index (κ3) is 4.49. The topological polar surface area (TPSA) is 58.6 Å². The van der Waals surface area contributed by atoms with Gasteiger partial charge in [-0.15, -0.1) is 0 Å². The van der Waals surface area contributed by atoms with Crippen LogP contribution in [-0.2, 0) is 20.9 Å². The van der Waals surface area contributed by atoms with Gasteiger partial charge in [0.1, 0.15) is 18.0 Å². The number of nitrogens with one attached hydrogen (secondary N) is 1. The number of carbonyl (C=O) groups excluding carboxylic acids is 2. The number of methoxy groups -OCH3 is 1. The van der Waals surface area contributed by atoms with Gasteiger partial charge < -0.3 is 9.64 Å². The van der Waals surface area contributed by atoms with Gasteiger partial charge >= 0.3 is 5.97 Å². The van der Waals surface area contributed by atoms with Gasteiger partial charge in [-0.1, -0.05) is 26.0 Å². The maximum absolute atomic E-state index is 13.1. The van der Waals surface area contributed by atoms with Crippen LogP contribution >= 0.6 is 0 Å². The zero-order chi connectivity index (χ0) is 19.4. The summed E-state index contributed by atoms with van der Waals surface area (Å²) in [6.45, 7) is 8.07. The average Bonchev–Trinajstić information content (AvgIpc) is 2.80. The second-order valence-corrected chi connectivity index (χ2v) is 7.14. The Labute approximate surface area is 154 Å². The molecule has 1 N–H and O–H groups in total. The van der Waals surface area contributed by atoms with E-state index in [2.05, 4.69) is 5.32 Å². The lowest BCUT2D eigenvalue weighted by Crippen LogP contribution is -2.52. The van der Waals surface area contributed by atoms with E-state index in [9.17, 15) is 14.0 Å². The van der Waals surface area contributed by atoms with Crippen LogP contribution in [0.2, 0.25) is 0 Å². The summed E-state index contributed by atoms with van der Waals surface area (Å²) in [4.78, 5) is 26.5. The summed E-state index contributed by atoms with van der Waals surface area (Å²) in [6.07, 6.45) is 0.212. The molecule has 0 saturated heterocycles. The predicted octanol–water partition coefficient (Wildman–Crippen LogP) is 3.01. The van der Waals surface area contributed by atoms with Crippen molar-refractivity contribution in [1.29, 1.82) is 0 Å². The number of rotatable bonds is 7. The molecule has 6 heteroatoms. The first-order chi connectivity index (χ1) is 12.2. The van der Waals surface area contributed by atoms with Gasteiger partial charge in [0, 0.05) is 12.1 Å². The molecule has 0 spiro atoms. The number of esters is 1. The molecule has 142 valence electrons. The second-order valence-electron chi connectivity index (χ2n) is 7.14. The van der Waals surface area contributed by atoms with E-state index in [4.69, 9.17) is 4.74 Å². The maximum atomic E-state index is 13.1. The van der Waals surface area contributed by atoms with E-state index >= 15 is 0 Å². The third-order valence-corrected chi connectivity index (χ3v) is 4.71. The number of nitrogens with zero attached hydrogens (tertiary/aromatic N) is 1. The SMILES string of the molecule is COC(=O)[C@@H](CC(C)C)N[C@H]1C(C)=C(C)C(=O)N1Cc1ccc(F)cc1. The van der Waals surface area contributed by atoms with Crippen molar-refractivity contribution in [3.8, 4) is 0 Å². The lowest BCUT2D eigenvalue weighted by Gasteiger charge is -2.31. The highest BCUT2D eigenvalue weighted by Gasteiger charge is 2.37. The largest absolute Gasteiger partial charge is 0.468 e. The Morgan fingerprint density at radius 2 is 1.88 bits per heavy atom. The fourth-order valence-corrected chi connectivity index (χ4v) is 3.14. The number of benzene rings is 1. The smallest absolute Gasteiger partial charge is 0.322 e. The Hall–Kier alpha value is -2.21. The highest BCUT2D eigenvalue weighted by Crippen LogP contribution is 2.27. The van der Waals surface area contributed by atoms with E-state index in [0.29, 0.717) is 24.5 Å². The van der Waals surface area contributed by atoms with Crippen LogP contribution in [0.4, 0.5) is 4.39 Å². The monoisotopic (exact) mass is 362 g/mol. The Balaban J connectivity index is 2.24. The molecule has 1 amide bonds. The molecular weight excluding hydrogens is 335 g/mol. The molecule has 0 aromatic heterocycles. The number of carbonyl (C=O) groups is 2. The molecule has 0 radical (unpaired) electrons. The van der Waals surface area contributed by atoms with Crippen LogP contribution in [0, 0.1) is 11.7 Å².